The third-order valence-electron chi connectivity index (χ3n) is 3.16. The standard InChI is InChI=1S/C14H9BrClFN2O3/c15-13-10(7-1-8(16)3-9(17)2-7)4-11(22-13)14(21)19-5-12(20)18-6-19/h1-4H,5-6H2,(H,18,20). The van der Waals surface area contributed by atoms with Gasteiger partial charge in [-0.05, 0) is 45.8 Å². The van der Waals surface area contributed by atoms with Crippen LogP contribution in [0, 0.1) is 5.82 Å². The van der Waals surface area contributed by atoms with E-state index >= 15 is 0 Å². The first-order valence-corrected chi connectivity index (χ1v) is 7.43. The van der Waals surface area contributed by atoms with Gasteiger partial charge in [0.2, 0.25) is 5.91 Å². The maximum atomic E-state index is 13.4. The van der Waals surface area contributed by atoms with Gasteiger partial charge in [0.15, 0.2) is 10.4 Å². The van der Waals surface area contributed by atoms with E-state index in [-0.39, 0.29) is 34.6 Å². The number of hydrogen-bond acceptors (Lipinski definition) is 3. The lowest BCUT2D eigenvalue weighted by Gasteiger charge is -2.10. The summed E-state index contributed by atoms with van der Waals surface area (Å²) in [6.45, 7) is 0.120. The van der Waals surface area contributed by atoms with Crippen molar-refractivity contribution in [1.82, 2.24) is 10.2 Å². The average Bonchev–Trinajstić information content (AvgIpc) is 3.03. The molecule has 1 aliphatic heterocycles. The predicted molar refractivity (Wildman–Crippen MR) is 80.9 cm³/mol. The fourth-order valence-electron chi connectivity index (χ4n) is 2.15. The number of rotatable bonds is 2. The second kappa shape index (κ2) is 5.73. The summed E-state index contributed by atoms with van der Waals surface area (Å²) in [5.41, 5.74) is 0.985. The number of benzene rings is 1. The topological polar surface area (TPSA) is 62.6 Å². The summed E-state index contributed by atoms with van der Waals surface area (Å²) in [4.78, 5) is 24.7. The van der Waals surface area contributed by atoms with Crippen LogP contribution in [0.3, 0.4) is 0 Å². The van der Waals surface area contributed by atoms with Gasteiger partial charge in [-0.2, -0.15) is 0 Å². The van der Waals surface area contributed by atoms with Crippen LogP contribution < -0.4 is 5.32 Å². The van der Waals surface area contributed by atoms with Crippen molar-refractivity contribution in [2.45, 2.75) is 0 Å². The average molecular weight is 388 g/mol. The van der Waals surface area contributed by atoms with Gasteiger partial charge in [0.05, 0.1) is 6.67 Å². The number of carbonyl (C=O) groups excluding carboxylic acids is 2. The van der Waals surface area contributed by atoms with Crippen LogP contribution in [-0.4, -0.2) is 29.9 Å². The first kappa shape index (κ1) is 15.1. The highest BCUT2D eigenvalue weighted by atomic mass is 79.9. The van der Waals surface area contributed by atoms with Gasteiger partial charge < -0.3 is 14.6 Å². The van der Waals surface area contributed by atoms with Gasteiger partial charge in [-0.1, -0.05) is 11.6 Å². The lowest BCUT2D eigenvalue weighted by Crippen LogP contribution is -2.29. The maximum Gasteiger partial charge on any atom is 0.291 e. The van der Waals surface area contributed by atoms with Crippen LogP contribution in [0.4, 0.5) is 4.39 Å². The highest BCUT2D eigenvalue weighted by molar-refractivity contribution is 9.10. The number of halogens is 3. The zero-order valence-corrected chi connectivity index (χ0v) is 13.4. The minimum Gasteiger partial charge on any atom is -0.444 e. The minimum atomic E-state index is -0.488. The summed E-state index contributed by atoms with van der Waals surface area (Å²) < 4.78 is 19.1. The Bertz CT molecular complexity index is 757. The smallest absolute Gasteiger partial charge is 0.291 e. The van der Waals surface area contributed by atoms with Crippen molar-refractivity contribution < 1.29 is 18.4 Å². The molecule has 2 heterocycles. The van der Waals surface area contributed by atoms with E-state index in [9.17, 15) is 14.0 Å². The van der Waals surface area contributed by atoms with E-state index < -0.39 is 11.7 Å². The summed E-state index contributed by atoms with van der Waals surface area (Å²) in [6.07, 6.45) is 0. The molecule has 0 spiro atoms. The molecule has 1 aromatic heterocycles. The molecule has 0 bridgehead atoms. The van der Waals surface area contributed by atoms with E-state index in [1.165, 1.54) is 23.1 Å². The Labute approximate surface area is 138 Å². The molecule has 0 radical (unpaired) electrons. The lowest BCUT2D eigenvalue weighted by atomic mass is 10.1. The largest absolute Gasteiger partial charge is 0.444 e. The highest BCUT2D eigenvalue weighted by Gasteiger charge is 2.27. The van der Waals surface area contributed by atoms with E-state index in [2.05, 4.69) is 21.2 Å². The van der Waals surface area contributed by atoms with Gasteiger partial charge in [-0.3, -0.25) is 9.59 Å². The number of amides is 2. The molecule has 1 N–H and O–H groups in total. The Hall–Kier alpha value is -1.86. The summed E-state index contributed by atoms with van der Waals surface area (Å²) in [6, 6.07) is 5.53. The van der Waals surface area contributed by atoms with Gasteiger partial charge >= 0.3 is 0 Å². The number of carbonyl (C=O) groups is 2. The second-order valence-corrected chi connectivity index (χ2v) is 5.87. The monoisotopic (exact) mass is 386 g/mol. The Kier molecular flexibility index (Phi) is 3.92. The molecule has 5 nitrogen and oxygen atoms in total. The third-order valence-corrected chi connectivity index (χ3v) is 3.97. The van der Waals surface area contributed by atoms with Crippen LogP contribution in [0.1, 0.15) is 10.6 Å². The van der Waals surface area contributed by atoms with Gasteiger partial charge in [0.25, 0.3) is 5.91 Å². The molecule has 0 aliphatic carbocycles. The van der Waals surface area contributed by atoms with Crippen LogP contribution in [0.2, 0.25) is 5.02 Å². The molecule has 3 rings (SSSR count). The number of nitrogens with one attached hydrogen (secondary N) is 1. The molecule has 1 aliphatic rings. The third kappa shape index (κ3) is 2.86. The van der Waals surface area contributed by atoms with E-state index in [1.807, 2.05) is 0 Å². The first-order chi connectivity index (χ1) is 10.4. The molecule has 114 valence electrons. The Morgan fingerprint density at radius 3 is 2.77 bits per heavy atom. The van der Waals surface area contributed by atoms with Crippen molar-refractivity contribution in [3.05, 3.63) is 45.5 Å². The van der Waals surface area contributed by atoms with E-state index in [0.717, 1.165) is 0 Å². The zero-order chi connectivity index (χ0) is 15.9. The summed E-state index contributed by atoms with van der Waals surface area (Å²) >= 11 is 9.04. The van der Waals surface area contributed by atoms with Crippen molar-refractivity contribution in [3.63, 3.8) is 0 Å². The second-order valence-electron chi connectivity index (χ2n) is 4.72. The quantitative estimate of drug-likeness (QED) is 0.861. The molecule has 2 amide bonds. The number of furan rings is 1. The van der Waals surface area contributed by atoms with Crippen molar-refractivity contribution >= 4 is 39.3 Å². The highest BCUT2D eigenvalue weighted by Crippen LogP contribution is 2.34. The fourth-order valence-corrected chi connectivity index (χ4v) is 2.89. The van der Waals surface area contributed by atoms with Crippen molar-refractivity contribution in [2.24, 2.45) is 0 Å². The lowest BCUT2D eigenvalue weighted by molar-refractivity contribution is -0.118. The summed E-state index contributed by atoms with van der Waals surface area (Å²) in [5.74, 6) is -1.08. The van der Waals surface area contributed by atoms with Gasteiger partial charge in [0.1, 0.15) is 12.4 Å². The molecular formula is C14H9BrClFN2O3. The van der Waals surface area contributed by atoms with Crippen molar-refractivity contribution in [3.8, 4) is 11.1 Å². The van der Waals surface area contributed by atoms with Gasteiger partial charge in [0, 0.05) is 10.6 Å². The first-order valence-electron chi connectivity index (χ1n) is 6.26. The van der Waals surface area contributed by atoms with Crippen LogP contribution in [0.5, 0.6) is 0 Å². The SMILES string of the molecule is O=C1CN(C(=O)c2cc(-c3cc(F)cc(Cl)c3)c(Br)o2)CN1. The van der Waals surface area contributed by atoms with Gasteiger partial charge in [-0.15, -0.1) is 0 Å². The number of hydrogen-bond donors (Lipinski definition) is 1. The summed E-state index contributed by atoms with van der Waals surface area (Å²) in [7, 11) is 0. The zero-order valence-electron chi connectivity index (χ0n) is 11.0. The predicted octanol–water partition coefficient (Wildman–Crippen LogP) is 3.03. The van der Waals surface area contributed by atoms with Crippen LogP contribution in [0.15, 0.2) is 33.4 Å². The Morgan fingerprint density at radius 1 is 1.36 bits per heavy atom. The van der Waals surface area contributed by atoms with Crippen LogP contribution >= 0.6 is 27.5 Å². The number of nitrogens with zero attached hydrogens (tertiary/aromatic N) is 1. The van der Waals surface area contributed by atoms with E-state index in [0.29, 0.717) is 11.1 Å². The molecule has 1 saturated heterocycles. The Balaban J connectivity index is 1.93. The van der Waals surface area contributed by atoms with Crippen molar-refractivity contribution in [1.29, 1.82) is 0 Å². The van der Waals surface area contributed by atoms with E-state index in [1.54, 1.807) is 6.07 Å². The minimum absolute atomic E-state index is 0.0156. The molecule has 1 fully saturated rings. The molecule has 0 atom stereocenters. The van der Waals surface area contributed by atoms with Crippen LogP contribution in [0.25, 0.3) is 11.1 Å². The molecule has 0 saturated carbocycles. The molecule has 0 unspecified atom stereocenters. The molecule has 2 aromatic rings. The van der Waals surface area contributed by atoms with Crippen LogP contribution in [-0.2, 0) is 4.79 Å². The molecular weight excluding hydrogens is 379 g/mol. The van der Waals surface area contributed by atoms with E-state index in [4.69, 9.17) is 16.0 Å². The summed E-state index contributed by atoms with van der Waals surface area (Å²) in [5, 5.41) is 2.78. The molecule has 1 aromatic carbocycles. The normalized spacial score (nSPS) is 14.3. The fraction of sp³-hybridized carbons (Fsp3) is 0.143. The van der Waals surface area contributed by atoms with Crippen molar-refractivity contribution in [2.75, 3.05) is 13.2 Å². The maximum absolute atomic E-state index is 13.4. The molecule has 8 heteroatoms. The van der Waals surface area contributed by atoms with Gasteiger partial charge in [-0.25, -0.2) is 4.39 Å². The molecule has 22 heavy (non-hydrogen) atoms. The Morgan fingerprint density at radius 2 is 2.14 bits per heavy atom.